The molecule has 1 nitrogen and oxygen atoms in total. The Hall–Kier alpha value is 0.240. The van der Waals surface area contributed by atoms with E-state index in [1.54, 1.807) is 0 Å². The average molecular weight is 203 g/mol. The Morgan fingerprint density at radius 1 is 1.42 bits per heavy atom. The number of thiocarbonyl (C=S) groups is 1. The molecular weight excluding hydrogens is 186 g/mol. The molecule has 1 fully saturated rings. The van der Waals surface area contributed by atoms with Crippen LogP contribution < -0.4 is 0 Å². The Morgan fingerprint density at radius 2 is 2.00 bits per heavy atom. The van der Waals surface area contributed by atoms with E-state index >= 15 is 0 Å². The van der Waals surface area contributed by atoms with Crippen molar-refractivity contribution in [1.29, 1.82) is 0 Å². The van der Waals surface area contributed by atoms with E-state index in [1.807, 2.05) is 0 Å². The Labute approximate surface area is 85.9 Å². The van der Waals surface area contributed by atoms with Gasteiger partial charge in [0.05, 0.1) is 0 Å². The molecule has 0 saturated heterocycles. The van der Waals surface area contributed by atoms with Crippen LogP contribution >= 0.6 is 24.8 Å². The van der Waals surface area contributed by atoms with E-state index in [0.29, 0.717) is 6.04 Å². The van der Waals surface area contributed by atoms with Gasteiger partial charge in [-0.15, -0.1) is 12.6 Å². The minimum atomic E-state index is 0.675. The highest BCUT2D eigenvalue weighted by Gasteiger charge is 2.19. The molecule has 70 valence electrons. The summed E-state index contributed by atoms with van der Waals surface area (Å²) in [5.41, 5.74) is 0. The molecule has 0 N–H and O–H groups in total. The molecule has 0 atom stereocenters. The third kappa shape index (κ3) is 2.63. The Kier molecular flexibility index (Phi) is 4.36. The van der Waals surface area contributed by atoms with Gasteiger partial charge in [-0.05, 0) is 19.8 Å². The molecule has 0 aromatic rings. The van der Waals surface area contributed by atoms with Gasteiger partial charge in [-0.2, -0.15) is 0 Å². The maximum atomic E-state index is 5.09. The van der Waals surface area contributed by atoms with Crippen molar-refractivity contribution >= 4 is 29.2 Å². The molecule has 1 saturated carbocycles. The molecule has 0 aromatic carbocycles. The van der Waals surface area contributed by atoms with Gasteiger partial charge in [-0.3, -0.25) is 0 Å². The monoisotopic (exact) mass is 203 g/mol. The van der Waals surface area contributed by atoms with Crippen molar-refractivity contribution in [2.45, 2.75) is 45.1 Å². The summed E-state index contributed by atoms with van der Waals surface area (Å²) in [6.45, 7) is 3.16. The minimum Gasteiger partial charge on any atom is -0.355 e. The molecule has 1 aliphatic rings. The molecule has 0 heterocycles. The number of hydrogen-bond donors (Lipinski definition) is 1. The van der Waals surface area contributed by atoms with E-state index in [-0.39, 0.29) is 0 Å². The van der Waals surface area contributed by atoms with Crippen LogP contribution in [0.15, 0.2) is 0 Å². The van der Waals surface area contributed by atoms with Gasteiger partial charge >= 0.3 is 0 Å². The summed E-state index contributed by atoms with van der Waals surface area (Å²) < 4.78 is 0.768. The molecule has 0 aromatic heterocycles. The SMILES string of the molecule is CCN(C(=S)S)C1CCCCC1. The topological polar surface area (TPSA) is 3.24 Å². The van der Waals surface area contributed by atoms with Crippen molar-refractivity contribution in [1.82, 2.24) is 4.90 Å². The Bertz CT molecular complexity index is 153. The van der Waals surface area contributed by atoms with Gasteiger partial charge in [0, 0.05) is 12.6 Å². The molecule has 0 unspecified atom stereocenters. The molecule has 0 bridgehead atoms. The third-order valence-electron chi connectivity index (χ3n) is 2.60. The molecular formula is C9H17NS2. The molecule has 1 rings (SSSR count). The molecule has 0 amide bonds. The van der Waals surface area contributed by atoms with Gasteiger partial charge < -0.3 is 4.90 Å². The lowest BCUT2D eigenvalue weighted by molar-refractivity contribution is 0.259. The normalized spacial score (nSPS) is 19.2. The van der Waals surface area contributed by atoms with Crippen molar-refractivity contribution in [3.63, 3.8) is 0 Å². The standard InChI is InChI=1S/C9H17NS2/c1-2-10(9(11)12)8-6-4-3-5-7-8/h8H,2-7H2,1H3,(H,11,12). The highest BCUT2D eigenvalue weighted by molar-refractivity contribution is 8.10. The first-order chi connectivity index (χ1) is 5.75. The summed E-state index contributed by atoms with van der Waals surface area (Å²) in [7, 11) is 0. The van der Waals surface area contributed by atoms with Crippen LogP contribution in [0.1, 0.15) is 39.0 Å². The first-order valence-electron chi connectivity index (χ1n) is 4.75. The van der Waals surface area contributed by atoms with E-state index in [0.717, 1.165) is 10.9 Å². The van der Waals surface area contributed by atoms with Crippen molar-refractivity contribution in [2.24, 2.45) is 0 Å². The first kappa shape index (κ1) is 10.3. The van der Waals surface area contributed by atoms with E-state index < -0.39 is 0 Å². The maximum absolute atomic E-state index is 5.09. The average Bonchev–Trinajstić information content (AvgIpc) is 2.07. The van der Waals surface area contributed by atoms with Gasteiger partial charge in [0.1, 0.15) is 4.32 Å². The second-order valence-corrected chi connectivity index (χ2v) is 4.47. The highest BCUT2D eigenvalue weighted by Crippen LogP contribution is 2.23. The van der Waals surface area contributed by atoms with Gasteiger partial charge in [-0.25, -0.2) is 0 Å². The van der Waals surface area contributed by atoms with E-state index in [4.69, 9.17) is 12.2 Å². The van der Waals surface area contributed by atoms with Crippen molar-refractivity contribution < 1.29 is 0 Å². The smallest absolute Gasteiger partial charge is 0.133 e. The third-order valence-corrected chi connectivity index (χ3v) is 3.09. The van der Waals surface area contributed by atoms with Crippen LogP contribution in [0.25, 0.3) is 0 Å². The minimum absolute atomic E-state index is 0.675. The van der Waals surface area contributed by atoms with Crippen LogP contribution in [-0.2, 0) is 0 Å². The lowest BCUT2D eigenvalue weighted by atomic mass is 9.94. The van der Waals surface area contributed by atoms with Gasteiger partial charge in [-0.1, -0.05) is 31.5 Å². The highest BCUT2D eigenvalue weighted by atomic mass is 32.1. The van der Waals surface area contributed by atoms with Crippen molar-refractivity contribution in [3.8, 4) is 0 Å². The van der Waals surface area contributed by atoms with Gasteiger partial charge in [0.15, 0.2) is 0 Å². The molecule has 0 spiro atoms. The fourth-order valence-corrected chi connectivity index (χ4v) is 2.53. The van der Waals surface area contributed by atoms with E-state index in [2.05, 4.69) is 24.5 Å². The number of rotatable bonds is 2. The lowest BCUT2D eigenvalue weighted by Gasteiger charge is -2.33. The second kappa shape index (κ2) is 5.07. The largest absolute Gasteiger partial charge is 0.355 e. The summed E-state index contributed by atoms with van der Waals surface area (Å²) >= 11 is 9.33. The zero-order chi connectivity index (χ0) is 8.97. The second-order valence-electron chi connectivity index (χ2n) is 3.36. The van der Waals surface area contributed by atoms with Crippen LogP contribution in [0.4, 0.5) is 0 Å². The number of hydrogen-bond acceptors (Lipinski definition) is 1. The Balaban J connectivity index is 2.46. The number of nitrogens with zero attached hydrogens (tertiary/aromatic N) is 1. The van der Waals surface area contributed by atoms with Crippen LogP contribution in [0.5, 0.6) is 0 Å². The zero-order valence-corrected chi connectivity index (χ0v) is 9.33. The molecule has 0 aliphatic heterocycles. The zero-order valence-electron chi connectivity index (χ0n) is 7.62. The molecule has 12 heavy (non-hydrogen) atoms. The molecule has 1 aliphatic carbocycles. The van der Waals surface area contributed by atoms with Crippen LogP contribution in [0.3, 0.4) is 0 Å². The maximum Gasteiger partial charge on any atom is 0.133 e. The van der Waals surface area contributed by atoms with Crippen molar-refractivity contribution in [2.75, 3.05) is 6.54 Å². The summed E-state index contributed by atoms with van der Waals surface area (Å²) in [4.78, 5) is 2.25. The molecule has 0 radical (unpaired) electrons. The van der Waals surface area contributed by atoms with Crippen LogP contribution in [0.2, 0.25) is 0 Å². The van der Waals surface area contributed by atoms with Crippen LogP contribution in [-0.4, -0.2) is 21.8 Å². The van der Waals surface area contributed by atoms with E-state index in [9.17, 15) is 0 Å². The van der Waals surface area contributed by atoms with Crippen LogP contribution in [0, 0.1) is 0 Å². The predicted octanol–water partition coefficient (Wildman–Crippen LogP) is 2.86. The van der Waals surface area contributed by atoms with E-state index in [1.165, 1.54) is 32.1 Å². The summed E-state index contributed by atoms with van der Waals surface area (Å²) in [5, 5.41) is 0. The molecule has 3 heteroatoms. The summed E-state index contributed by atoms with van der Waals surface area (Å²) in [6.07, 6.45) is 6.71. The first-order valence-corrected chi connectivity index (χ1v) is 5.60. The van der Waals surface area contributed by atoms with Crippen molar-refractivity contribution in [3.05, 3.63) is 0 Å². The van der Waals surface area contributed by atoms with Gasteiger partial charge in [0.2, 0.25) is 0 Å². The predicted molar refractivity (Wildman–Crippen MR) is 60.8 cm³/mol. The fourth-order valence-electron chi connectivity index (χ4n) is 1.94. The quantitative estimate of drug-likeness (QED) is 0.543. The Morgan fingerprint density at radius 3 is 2.42 bits per heavy atom. The summed E-state index contributed by atoms with van der Waals surface area (Å²) in [5.74, 6) is 0. The summed E-state index contributed by atoms with van der Waals surface area (Å²) in [6, 6.07) is 0.675. The number of thiol groups is 1. The van der Waals surface area contributed by atoms with Gasteiger partial charge in [0.25, 0.3) is 0 Å². The fraction of sp³-hybridized carbons (Fsp3) is 0.889. The lowest BCUT2D eigenvalue weighted by Crippen LogP contribution is -2.38.